The Kier molecular flexibility index (Phi) is 12.3. The second-order valence-corrected chi connectivity index (χ2v) is 4.84. The van der Waals surface area contributed by atoms with Gasteiger partial charge in [-0.25, -0.2) is 0 Å². The zero-order chi connectivity index (χ0) is 12.9. The van der Waals surface area contributed by atoms with E-state index in [2.05, 4.69) is 33.0 Å². The maximum atomic E-state index is 5.91. The molecule has 0 saturated heterocycles. The average molecular weight is 243 g/mol. The fourth-order valence-corrected chi connectivity index (χ4v) is 2.26. The Morgan fingerprint density at radius 1 is 0.882 bits per heavy atom. The van der Waals surface area contributed by atoms with Gasteiger partial charge in [0.05, 0.1) is 6.10 Å². The van der Waals surface area contributed by atoms with Gasteiger partial charge in [0.15, 0.2) is 0 Å². The fourth-order valence-electron chi connectivity index (χ4n) is 2.26. The summed E-state index contributed by atoms with van der Waals surface area (Å²) in [7, 11) is 0. The molecule has 0 aromatic rings. The van der Waals surface area contributed by atoms with Gasteiger partial charge in [0.25, 0.3) is 0 Å². The molecule has 0 fully saturated rings. The summed E-state index contributed by atoms with van der Waals surface area (Å²) in [4.78, 5) is 0. The number of hydrogen-bond acceptors (Lipinski definition) is 2. The summed E-state index contributed by atoms with van der Waals surface area (Å²) in [5, 5.41) is 3.67. The second-order valence-electron chi connectivity index (χ2n) is 4.84. The van der Waals surface area contributed by atoms with Crippen LogP contribution in [0.15, 0.2) is 0 Å². The Labute approximate surface area is 109 Å². The summed E-state index contributed by atoms with van der Waals surface area (Å²) in [6, 6.07) is 0.557. The van der Waals surface area contributed by atoms with Crippen LogP contribution in [0.25, 0.3) is 0 Å². The van der Waals surface area contributed by atoms with Crippen LogP contribution < -0.4 is 5.32 Å². The molecule has 0 aliphatic heterocycles. The van der Waals surface area contributed by atoms with Crippen LogP contribution >= 0.6 is 0 Å². The molecule has 0 heterocycles. The Bertz CT molecular complexity index is 144. The van der Waals surface area contributed by atoms with Gasteiger partial charge < -0.3 is 10.1 Å². The van der Waals surface area contributed by atoms with Gasteiger partial charge in [0.2, 0.25) is 0 Å². The number of hydrogen-bond donors (Lipinski definition) is 1. The zero-order valence-electron chi connectivity index (χ0n) is 12.4. The maximum Gasteiger partial charge on any atom is 0.0727 e. The molecule has 0 aromatic heterocycles. The van der Waals surface area contributed by atoms with Crippen LogP contribution in [0.5, 0.6) is 0 Å². The third kappa shape index (κ3) is 8.62. The molecule has 0 spiro atoms. The Balaban J connectivity index is 4.15. The van der Waals surface area contributed by atoms with Crippen molar-refractivity contribution in [2.45, 2.75) is 84.8 Å². The largest absolute Gasteiger partial charge is 0.377 e. The first kappa shape index (κ1) is 16.9. The van der Waals surface area contributed by atoms with Crippen molar-refractivity contribution in [3.8, 4) is 0 Å². The predicted molar refractivity (Wildman–Crippen MR) is 76.5 cm³/mol. The monoisotopic (exact) mass is 243 g/mol. The minimum Gasteiger partial charge on any atom is -0.377 e. The minimum atomic E-state index is 0.411. The lowest BCUT2D eigenvalue weighted by Gasteiger charge is -2.28. The van der Waals surface area contributed by atoms with Gasteiger partial charge >= 0.3 is 0 Å². The van der Waals surface area contributed by atoms with Crippen LogP contribution in [0.1, 0.15) is 72.6 Å². The lowest BCUT2D eigenvalue weighted by atomic mass is 9.99. The molecule has 0 saturated carbocycles. The molecule has 0 aliphatic rings. The van der Waals surface area contributed by atoms with Crippen LogP contribution in [0.3, 0.4) is 0 Å². The van der Waals surface area contributed by atoms with Crippen LogP contribution in [0.2, 0.25) is 0 Å². The number of unbranched alkanes of at least 4 members (excludes halogenated alkanes) is 2. The quantitative estimate of drug-likeness (QED) is 0.520. The van der Waals surface area contributed by atoms with Gasteiger partial charge in [0.1, 0.15) is 0 Å². The molecule has 2 unspecified atom stereocenters. The zero-order valence-corrected chi connectivity index (χ0v) is 12.4. The van der Waals surface area contributed by atoms with E-state index in [-0.39, 0.29) is 0 Å². The number of ether oxygens (including phenoxy) is 1. The summed E-state index contributed by atoms with van der Waals surface area (Å²) < 4.78 is 5.91. The number of nitrogens with one attached hydrogen (secondary N) is 1. The Morgan fingerprint density at radius 2 is 1.65 bits per heavy atom. The molecular weight excluding hydrogens is 210 g/mol. The summed E-state index contributed by atoms with van der Waals surface area (Å²) in [6.45, 7) is 10.8. The minimum absolute atomic E-state index is 0.411. The van der Waals surface area contributed by atoms with Gasteiger partial charge in [-0.1, -0.05) is 46.5 Å². The van der Waals surface area contributed by atoms with Crippen LogP contribution in [0, 0.1) is 0 Å². The van der Waals surface area contributed by atoms with E-state index in [1.807, 2.05) is 0 Å². The normalized spacial score (nSPS) is 14.8. The first-order valence-corrected chi connectivity index (χ1v) is 7.64. The molecule has 0 aliphatic carbocycles. The fraction of sp³-hybridized carbons (Fsp3) is 1.00. The molecule has 0 aromatic carbocycles. The highest BCUT2D eigenvalue weighted by Gasteiger charge is 2.19. The van der Waals surface area contributed by atoms with Crippen LogP contribution in [0.4, 0.5) is 0 Å². The molecule has 0 amide bonds. The van der Waals surface area contributed by atoms with Gasteiger partial charge in [-0.15, -0.1) is 0 Å². The van der Waals surface area contributed by atoms with E-state index in [1.165, 1.54) is 44.9 Å². The van der Waals surface area contributed by atoms with Crippen LogP contribution in [-0.2, 0) is 4.74 Å². The second kappa shape index (κ2) is 12.4. The standard InChI is InChI=1S/C15H33NO/c1-5-9-10-12-14(16-13-7-3)15(11-6-2)17-8-4/h14-16H,5-13H2,1-4H3. The molecule has 1 N–H and O–H groups in total. The predicted octanol–water partition coefficient (Wildman–Crippen LogP) is 4.14. The molecule has 0 radical (unpaired) electrons. The molecule has 2 heteroatoms. The average Bonchev–Trinajstić information content (AvgIpc) is 2.33. The summed E-state index contributed by atoms with van der Waals surface area (Å²) in [5.74, 6) is 0. The highest BCUT2D eigenvalue weighted by atomic mass is 16.5. The summed E-state index contributed by atoms with van der Waals surface area (Å²) in [6.07, 6.45) is 9.24. The molecule has 104 valence electrons. The smallest absolute Gasteiger partial charge is 0.0727 e. The molecular formula is C15H33NO. The van der Waals surface area contributed by atoms with Gasteiger partial charge in [-0.2, -0.15) is 0 Å². The summed E-state index contributed by atoms with van der Waals surface area (Å²) >= 11 is 0. The summed E-state index contributed by atoms with van der Waals surface area (Å²) in [5.41, 5.74) is 0. The van der Waals surface area contributed by atoms with Gasteiger partial charge in [-0.05, 0) is 32.7 Å². The number of rotatable bonds is 12. The molecule has 2 nitrogen and oxygen atoms in total. The van der Waals surface area contributed by atoms with Crippen molar-refractivity contribution in [3.05, 3.63) is 0 Å². The highest BCUT2D eigenvalue weighted by molar-refractivity contribution is 4.77. The van der Waals surface area contributed by atoms with E-state index in [9.17, 15) is 0 Å². The lowest BCUT2D eigenvalue weighted by molar-refractivity contribution is 0.0253. The first-order valence-electron chi connectivity index (χ1n) is 7.64. The van der Waals surface area contributed by atoms with Gasteiger partial charge in [-0.3, -0.25) is 0 Å². The van der Waals surface area contributed by atoms with E-state index < -0.39 is 0 Å². The van der Waals surface area contributed by atoms with E-state index >= 15 is 0 Å². The molecule has 0 bridgehead atoms. The third-order valence-corrected chi connectivity index (χ3v) is 3.18. The van der Waals surface area contributed by atoms with Crippen molar-refractivity contribution in [1.29, 1.82) is 0 Å². The lowest BCUT2D eigenvalue weighted by Crippen LogP contribution is -2.41. The van der Waals surface area contributed by atoms with Crippen molar-refractivity contribution in [2.24, 2.45) is 0 Å². The van der Waals surface area contributed by atoms with E-state index in [4.69, 9.17) is 4.74 Å². The maximum absolute atomic E-state index is 5.91. The first-order chi connectivity index (χ1) is 8.29. The topological polar surface area (TPSA) is 21.3 Å². The highest BCUT2D eigenvalue weighted by Crippen LogP contribution is 2.14. The SMILES string of the molecule is CCCCCC(NCCC)C(CCC)OCC. The van der Waals surface area contributed by atoms with Crippen molar-refractivity contribution >= 4 is 0 Å². The van der Waals surface area contributed by atoms with Gasteiger partial charge in [0, 0.05) is 12.6 Å². The third-order valence-electron chi connectivity index (χ3n) is 3.18. The van der Waals surface area contributed by atoms with E-state index in [0.717, 1.165) is 13.2 Å². The van der Waals surface area contributed by atoms with E-state index in [1.54, 1.807) is 0 Å². The van der Waals surface area contributed by atoms with Crippen molar-refractivity contribution in [1.82, 2.24) is 5.32 Å². The van der Waals surface area contributed by atoms with Crippen molar-refractivity contribution in [2.75, 3.05) is 13.2 Å². The Morgan fingerprint density at radius 3 is 2.18 bits per heavy atom. The van der Waals surface area contributed by atoms with Crippen LogP contribution in [-0.4, -0.2) is 25.3 Å². The molecule has 0 rings (SSSR count). The molecule has 17 heavy (non-hydrogen) atoms. The van der Waals surface area contributed by atoms with Crippen molar-refractivity contribution < 1.29 is 4.74 Å². The Hall–Kier alpha value is -0.0800. The molecule has 2 atom stereocenters. The van der Waals surface area contributed by atoms with E-state index in [0.29, 0.717) is 12.1 Å². The van der Waals surface area contributed by atoms with Crippen molar-refractivity contribution in [3.63, 3.8) is 0 Å².